The minimum atomic E-state index is -0.0515. The molecule has 0 N–H and O–H groups in total. The standard InChI is InChI=1S/C12H8ClNO3S/c1-6(15)9-4-18-12(14-9)7-2-8(13)11-10(3-7)16-5-17-11/h2-4H,5H2,1H3. The number of hydrogen-bond acceptors (Lipinski definition) is 5. The zero-order chi connectivity index (χ0) is 12.7. The van der Waals surface area contributed by atoms with E-state index in [2.05, 4.69) is 4.98 Å². The monoisotopic (exact) mass is 281 g/mol. The van der Waals surface area contributed by atoms with Gasteiger partial charge in [-0.2, -0.15) is 0 Å². The van der Waals surface area contributed by atoms with Crippen molar-refractivity contribution in [2.75, 3.05) is 6.79 Å². The minimum absolute atomic E-state index is 0.0515. The fourth-order valence-electron chi connectivity index (χ4n) is 1.66. The number of benzene rings is 1. The van der Waals surface area contributed by atoms with E-state index in [0.29, 0.717) is 22.2 Å². The molecule has 0 unspecified atom stereocenters. The Morgan fingerprint density at radius 1 is 1.44 bits per heavy atom. The maximum absolute atomic E-state index is 11.2. The van der Waals surface area contributed by atoms with Gasteiger partial charge in [0.1, 0.15) is 10.7 Å². The predicted molar refractivity (Wildman–Crippen MR) is 68.7 cm³/mol. The quantitative estimate of drug-likeness (QED) is 0.792. The van der Waals surface area contributed by atoms with Gasteiger partial charge >= 0.3 is 0 Å². The van der Waals surface area contributed by atoms with E-state index in [4.69, 9.17) is 21.1 Å². The van der Waals surface area contributed by atoms with E-state index in [9.17, 15) is 4.79 Å². The van der Waals surface area contributed by atoms with Crippen molar-refractivity contribution in [3.8, 4) is 22.1 Å². The Hall–Kier alpha value is -1.59. The SMILES string of the molecule is CC(=O)c1csc(-c2cc(Cl)c3c(c2)OCO3)n1. The highest BCUT2D eigenvalue weighted by molar-refractivity contribution is 7.13. The summed E-state index contributed by atoms with van der Waals surface area (Å²) >= 11 is 7.50. The van der Waals surface area contributed by atoms with Gasteiger partial charge in [0.2, 0.25) is 6.79 Å². The summed E-state index contributed by atoms with van der Waals surface area (Å²) in [5, 5.41) is 2.95. The summed E-state index contributed by atoms with van der Waals surface area (Å²) in [4.78, 5) is 15.5. The summed E-state index contributed by atoms with van der Waals surface area (Å²) in [6, 6.07) is 3.58. The molecule has 18 heavy (non-hydrogen) atoms. The number of aromatic nitrogens is 1. The van der Waals surface area contributed by atoms with E-state index in [1.54, 1.807) is 11.4 Å². The van der Waals surface area contributed by atoms with Crippen molar-refractivity contribution in [2.24, 2.45) is 0 Å². The van der Waals surface area contributed by atoms with Crippen LogP contribution in [0.5, 0.6) is 11.5 Å². The second-order valence-corrected chi connectivity index (χ2v) is 5.05. The summed E-state index contributed by atoms with van der Waals surface area (Å²) in [6.07, 6.45) is 0. The minimum Gasteiger partial charge on any atom is -0.454 e. The molecule has 1 aromatic carbocycles. The third kappa shape index (κ3) is 1.85. The molecule has 0 fully saturated rings. The van der Waals surface area contributed by atoms with Gasteiger partial charge in [0, 0.05) is 17.9 Å². The highest BCUT2D eigenvalue weighted by atomic mass is 35.5. The summed E-state index contributed by atoms with van der Waals surface area (Å²) in [7, 11) is 0. The summed E-state index contributed by atoms with van der Waals surface area (Å²) in [6.45, 7) is 1.67. The van der Waals surface area contributed by atoms with Crippen LogP contribution in [0.1, 0.15) is 17.4 Å². The van der Waals surface area contributed by atoms with Gasteiger partial charge in [-0.05, 0) is 12.1 Å². The number of halogens is 1. The number of ketones is 1. The molecule has 0 saturated heterocycles. The average molecular weight is 282 g/mol. The molecular formula is C12H8ClNO3S. The van der Waals surface area contributed by atoms with E-state index in [-0.39, 0.29) is 12.6 Å². The van der Waals surface area contributed by atoms with E-state index >= 15 is 0 Å². The van der Waals surface area contributed by atoms with Crippen LogP contribution in [-0.2, 0) is 0 Å². The molecule has 0 radical (unpaired) electrons. The van der Waals surface area contributed by atoms with E-state index in [1.807, 2.05) is 6.07 Å². The van der Waals surface area contributed by atoms with E-state index < -0.39 is 0 Å². The summed E-state index contributed by atoms with van der Waals surface area (Å²) in [5.41, 5.74) is 1.28. The van der Waals surface area contributed by atoms with Gasteiger partial charge in [0.05, 0.1) is 5.02 Å². The number of nitrogens with zero attached hydrogens (tertiary/aromatic N) is 1. The lowest BCUT2D eigenvalue weighted by molar-refractivity contribution is 0.101. The van der Waals surface area contributed by atoms with Crippen molar-refractivity contribution in [2.45, 2.75) is 6.92 Å². The van der Waals surface area contributed by atoms with Crippen LogP contribution in [0.25, 0.3) is 10.6 Å². The van der Waals surface area contributed by atoms with Crippen LogP contribution in [0.3, 0.4) is 0 Å². The molecule has 1 aromatic heterocycles. The number of carbonyl (C=O) groups is 1. The first-order valence-corrected chi connectivity index (χ1v) is 6.47. The van der Waals surface area contributed by atoms with Gasteiger partial charge < -0.3 is 9.47 Å². The third-order valence-electron chi connectivity index (χ3n) is 2.54. The molecule has 0 bridgehead atoms. The van der Waals surface area contributed by atoms with Crippen molar-refractivity contribution in [1.29, 1.82) is 0 Å². The zero-order valence-corrected chi connectivity index (χ0v) is 11.0. The molecule has 3 rings (SSSR count). The molecule has 0 amide bonds. The lowest BCUT2D eigenvalue weighted by atomic mass is 10.2. The molecule has 4 nitrogen and oxygen atoms in total. The van der Waals surface area contributed by atoms with E-state index in [1.165, 1.54) is 18.3 Å². The molecule has 0 aliphatic carbocycles. The number of hydrogen-bond donors (Lipinski definition) is 0. The largest absolute Gasteiger partial charge is 0.454 e. The predicted octanol–water partition coefficient (Wildman–Crippen LogP) is 3.39. The van der Waals surface area contributed by atoms with Gasteiger partial charge in [0.25, 0.3) is 0 Å². The molecular weight excluding hydrogens is 274 g/mol. The summed E-state index contributed by atoms with van der Waals surface area (Å²) < 4.78 is 10.5. The number of ether oxygens (including phenoxy) is 2. The fraction of sp³-hybridized carbons (Fsp3) is 0.167. The lowest BCUT2D eigenvalue weighted by Gasteiger charge is -2.02. The van der Waals surface area contributed by atoms with Crippen LogP contribution in [0.2, 0.25) is 5.02 Å². The Bertz CT molecular complexity index is 638. The smallest absolute Gasteiger partial charge is 0.231 e. The van der Waals surface area contributed by atoms with Crippen LogP contribution in [0, 0.1) is 0 Å². The normalized spacial score (nSPS) is 12.8. The van der Waals surface area contributed by atoms with Crippen LogP contribution in [-0.4, -0.2) is 17.6 Å². The molecule has 1 aliphatic rings. The Balaban J connectivity index is 2.06. The number of thiazole rings is 1. The lowest BCUT2D eigenvalue weighted by Crippen LogP contribution is -1.93. The topological polar surface area (TPSA) is 48.4 Å². The average Bonchev–Trinajstić information content (AvgIpc) is 2.97. The second kappa shape index (κ2) is 4.26. The molecule has 2 aromatic rings. The molecule has 0 spiro atoms. The molecule has 1 aliphatic heterocycles. The first kappa shape index (κ1) is 11.5. The fourth-order valence-corrected chi connectivity index (χ4v) is 2.77. The second-order valence-electron chi connectivity index (χ2n) is 3.79. The maximum Gasteiger partial charge on any atom is 0.231 e. The molecule has 2 heterocycles. The Kier molecular flexibility index (Phi) is 2.72. The maximum atomic E-state index is 11.2. The van der Waals surface area contributed by atoms with Gasteiger partial charge in [-0.25, -0.2) is 4.98 Å². The number of carbonyl (C=O) groups excluding carboxylic acids is 1. The first-order chi connectivity index (χ1) is 8.65. The number of fused-ring (bicyclic) bond motifs is 1. The Morgan fingerprint density at radius 2 is 2.28 bits per heavy atom. The molecule has 0 atom stereocenters. The van der Waals surface area contributed by atoms with Crippen molar-refractivity contribution >= 4 is 28.7 Å². The molecule has 6 heteroatoms. The Morgan fingerprint density at radius 3 is 3.00 bits per heavy atom. The van der Waals surface area contributed by atoms with Gasteiger partial charge in [0.15, 0.2) is 17.3 Å². The van der Waals surface area contributed by atoms with Gasteiger partial charge in [-0.3, -0.25) is 4.79 Å². The van der Waals surface area contributed by atoms with Gasteiger partial charge in [-0.15, -0.1) is 11.3 Å². The highest BCUT2D eigenvalue weighted by Gasteiger charge is 2.20. The Labute approximate surface area is 112 Å². The van der Waals surface area contributed by atoms with Gasteiger partial charge in [-0.1, -0.05) is 11.6 Å². The molecule has 92 valence electrons. The van der Waals surface area contributed by atoms with Crippen LogP contribution in [0.4, 0.5) is 0 Å². The van der Waals surface area contributed by atoms with Crippen molar-refractivity contribution < 1.29 is 14.3 Å². The third-order valence-corrected chi connectivity index (χ3v) is 3.71. The van der Waals surface area contributed by atoms with Crippen LogP contribution < -0.4 is 9.47 Å². The number of rotatable bonds is 2. The molecule has 0 saturated carbocycles. The van der Waals surface area contributed by atoms with Crippen molar-refractivity contribution in [3.05, 3.63) is 28.2 Å². The van der Waals surface area contributed by atoms with Crippen LogP contribution in [0.15, 0.2) is 17.5 Å². The highest BCUT2D eigenvalue weighted by Crippen LogP contribution is 2.42. The first-order valence-electron chi connectivity index (χ1n) is 5.21. The van der Waals surface area contributed by atoms with Crippen molar-refractivity contribution in [1.82, 2.24) is 4.98 Å². The van der Waals surface area contributed by atoms with Crippen LogP contribution >= 0.6 is 22.9 Å². The van der Waals surface area contributed by atoms with E-state index in [0.717, 1.165) is 10.6 Å². The van der Waals surface area contributed by atoms with Crippen molar-refractivity contribution in [3.63, 3.8) is 0 Å². The number of Topliss-reactive ketones (excluding diaryl/α,β-unsaturated/α-hetero) is 1. The summed E-state index contributed by atoms with van der Waals surface area (Å²) in [5.74, 6) is 1.12. The zero-order valence-electron chi connectivity index (χ0n) is 9.40.